The minimum Gasteiger partial charge on any atom is -0.368 e. The molecule has 4 fully saturated rings. The highest BCUT2D eigenvalue weighted by Crippen LogP contribution is 2.35. The van der Waals surface area contributed by atoms with Crippen LogP contribution in [-0.2, 0) is 6.18 Å². The summed E-state index contributed by atoms with van der Waals surface area (Å²) in [5, 5.41) is 7.83. The summed E-state index contributed by atoms with van der Waals surface area (Å²) < 4.78 is 39.0. The van der Waals surface area contributed by atoms with Crippen LogP contribution in [0.1, 0.15) is 31.2 Å². The zero-order chi connectivity index (χ0) is 34.1. The Kier molecular flexibility index (Phi) is 9.49. The highest BCUT2D eigenvalue weighted by molar-refractivity contribution is 6.30. The minimum atomic E-state index is -4.40. The van der Waals surface area contributed by atoms with Gasteiger partial charge in [-0.1, -0.05) is 35.9 Å². The van der Waals surface area contributed by atoms with Gasteiger partial charge in [0.05, 0.1) is 17.0 Å². The lowest BCUT2D eigenvalue weighted by Crippen LogP contribution is -2.40. The van der Waals surface area contributed by atoms with Crippen molar-refractivity contribution in [2.45, 2.75) is 43.9 Å². The quantitative estimate of drug-likeness (QED) is 0.217. The maximum absolute atomic E-state index is 13.0. The van der Waals surface area contributed by atoms with Crippen molar-refractivity contribution < 1.29 is 13.2 Å². The summed E-state index contributed by atoms with van der Waals surface area (Å²) in [5.41, 5.74) is 13.7. The van der Waals surface area contributed by atoms with Crippen molar-refractivity contribution in [3.8, 4) is 22.5 Å². The van der Waals surface area contributed by atoms with Gasteiger partial charge in [0, 0.05) is 66.5 Å². The molecule has 6 heterocycles. The van der Waals surface area contributed by atoms with Gasteiger partial charge in [0.2, 0.25) is 11.9 Å². The minimum absolute atomic E-state index is 0.0674. The standard InChI is InChI=1S/C18H20F3N5.C17H20ClN5/c19-18(20,21)13-5-1-3-11(7-13)14-8-16(25-17(22)24-14)26-9-12-4-2-6-23-15(12)10-26;18-13-5-1-3-11(7-13)14-8-16(22-17(19)21-14)23-9-12-4-2-6-20-15(12)10-23/h1,3,5,7-8,12,15,23H,2,4,6,9-10H2,(H2,22,24,25);1,3,5,7-8,12,15,20H,2,4,6,9-10H2,(H2,19,21,22). The number of benzene rings is 2. The summed E-state index contributed by atoms with van der Waals surface area (Å²) in [4.78, 5) is 21.7. The molecule has 4 saturated heterocycles. The van der Waals surface area contributed by atoms with Crippen LogP contribution in [0.2, 0.25) is 5.02 Å². The summed E-state index contributed by atoms with van der Waals surface area (Å²) >= 11 is 6.09. The predicted molar refractivity (Wildman–Crippen MR) is 187 cm³/mol. The number of hydrogen-bond acceptors (Lipinski definition) is 10. The number of nitrogens with one attached hydrogen (secondary N) is 2. The lowest BCUT2D eigenvalue weighted by atomic mass is 9.94. The molecule has 258 valence electrons. The third-order valence-corrected chi connectivity index (χ3v) is 10.1. The highest BCUT2D eigenvalue weighted by atomic mass is 35.5. The van der Waals surface area contributed by atoms with Gasteiger partial charge in [-0.15, -0.1) is 0 Å². The summed E-state index contributed by atoms with van der Waals surface area (Å²) in [6.07, 6.45) is 0.490. The topological polar surface area (TPSA) is 134 Å². The van der Waals surface area contributed by atoms with E-state index in [4.69, 9.17) is 23.1 Å². The lowest BCUT2D eigenvalue weighted by Gasteiger charge is -2.24. The smallest absolute Gasteiger partial charge is 0.368 e. The third kappa shape index (κ3) is 7.68. The number of nitrogens with zero attached hydrogens (tertiary/aromatic N) is 6. The van der Waals surface area contributed by atoms with Crippen molar-refractivity contribution >= 4 is 35.1 Å². The zero-order valence-corrected chi connectivity index (χ0v) is 27.8. The van der Waals surface area contributed by atoms with Crippen LogP contribution in [-0.4, -0.2) is 71.3 Å². The summed E-state index contributed by atoms with van der Waals surface area (Å²) in [6, 6.07) is 17.5. The van der Waals surface area contributed by atoms with Crippen molar-refractivity contribution in [1.82, 2.24) is 30.6 Å². The Morgan fingerprint density at radius 1 is 0.673 bits per heavy atom. The van der Waals surface area contributed by atoms with E-state index in [0.717, 1.165) is 74.9 Å². The van der Waals surface area contributed by atoms with Crippen LogP contribution in [0.3, 0.4) is 0 Å². The largest absolute Gasteiger partial charge is 0.416 e. The van der Waals surface area contributed by atoms with E-state index in [1.54, 1.807) is 12.1 Å². The van der Waals surface area contributed by atoms with E-state index in [9.17, 15) is 13.2 Å². The van der Waals surface area contributed by atoms with Crippen molar-refractivity contribution in [3.63, 3.8) is 0 Å². The summed E-state index contributed by atoms with van der Waals surface area (Å²) in [7, 11) is 0. The van der Waals surface area contributed by atoms with Gasteiger partial charge in [-0.2, -0.15) is 23.1 Å². The van der Waals surface area contributed by atoms with Gasteiger partial charge in [-0.25, -0.2) is 9.97 Å². The molecule has 0 bridgehead atoms. The molecule has 8 rings (SSSR count). The first-order valence-corrected chi connectivity index (χ1v) is 17.2. The Balaban J connectivity index is 0.000000155. The van der Waals surface area contributed by atoms with Crippen LogP contribution >= 0.6 is 11.6 Å². The van der Waals surface area contributed by atoms with Gasteiger partial charge >= 0.3 is 6.18 Å². The van der Waals surface area contributed by atoms with E-state index in [-0.39, 0.29) is 5.95 Å². The van der Waals surface area contributed by atoms with E-state index < -0.39 is 11.7 Å². The second-order valence-electron chi connectivity index (χ2n) is 13.3. The van der Waals surface area contributed by atoms with Gasteiger partial charge in [-0.3, -0.25) is 0 Å². The molecule has 4 atom stereocenters. The zero-order valence-electron chi connectivity index (χ0n) is 27.0. The molecule has 49 heavy (non-hydrogen) atoms. The normalized spacial score (nSPS) is 23.4. The molecule has 2 aromatic heterocycles. The Morgan fingerprint density at radius 3 is 1.67 bits per heavy atom. The average molecular weight is 693 g/mol. The molecule has 0 spiro atoms. The van der Waals surface area contributed by atoms with Crippen LogP contribution < -0.4 is 31.9 Å². The number of hydrogen-bond donors (Lipinski definition) is 4. The number of fused-ring (bicyclic) bond motifs is 2. The van der Waals surface area contributed by atoms with Crippen molar-refractivity contribution in [1.29, 1.82) is 0 Å². The molecule has 0 amide bonds. The van der Waals surface area contributed by atoms with Crippen LogP contribution in [0.5, 0.6) is 0 Å². The molecule has 4 aliphatic rings. The van der Waals surface area contributed by atoms with Crippen molar-refractivity contribution in [2.75, 3.05) is 60.5 Å². The van der Waals surface area contributed by atoms with Crippen LogP contribution in [0.25, 0.3) is 22.5 Å². The number of anilines is 4. The molecule has 14 heteroatoms. The number of nitrogens with two attached hydrogens (primary N) is 2. The van der Waals surface area contributed by atoms with Gasteiger partial charge in [0.15, 0.2) is 0 Å². The molecular weight excluding hydrogens is 653 g/mol. The van der Waals surface area contributed by atoms with Crippen LogP contribution in [0.15, 0.2) is 60.7 Å². The van der Waals surface area contributed by atoms with Crippen molar-refractivity contribution in [3.05, 3.63) is 71.2 Å². The monoisotopic (exact) mass is 692 g/mol. The predicted octanol–water partition coefficient (Wildman–Crippen LogP) is 5.50. The van der Waals surface area contributed by atoms with E-state index >= 15 is 0 Å². The first-order valence-electron chi connectivity index (χ1n) is 16.8. The molecule has 4 aromatic rings. The number of aromatic nitrogens is 4. The third-order valence-electron chi connectivity index (χ3n) is 9.91. The maximum atomic E-state index is 13.0. The molecule has 10 nitrogen and oxygen atoms in total. The molecular formula is C35H40ClF3N10. The highest BCUT2D eigenvalue weighted by Gasteiger charge is 2.36. The molecule has 0 aliphatic carbocycles. The fourth-order valence-corrected chi connectivity index (χ4v) is 7.69. The van der Waals surface area contributed by atoms with Gasteiger partial charge in [-0.05, 0) is 74.9 Å². The maximum Gasteiger partial charge on any atom is 0.416 e. The Bertz CT molecular complexity index is 1760. The molecule has 6 N–H and O–H groups in total. The summed E-state index contributed by atoms with van der Waals surface area (Å²) in [6.45, 7) is 5.85. The lowest BCUT2D eigenvalue weighted by molar-refractivity contribution is -0.137. The fourth-order valence-electron chi connectivity index (χ4n) is 7.50. The first kappa shape index (κ1) is 33.3. The molecule has 2 aromatic carbocycles. The molecule has 0 saturated carbocycles. The SMILES string of the molecule is Nc1nc(-c2cccc(C(F)(F)F)c2)cc(N2CC3CCCNC3C2)n1.Nc1nc(-c2cccc(Cl)c2)cc(N2CC3CCCNC3C2)n1. The van der Waals surface area contributed by atoms with Crippen LogP contribution in [0.4, 0.5) is 36.7 Å². The molecule has 4 unspecified atom stereocenters. The van der Waals surface area contributed by atoms with E-state index in [1.807, 2.05) is 30.3 Å². The molecule has 4 aliphatic heterocycles. The molecule has 0 radical (unpaired) electrons. The number of rotatable bonds is 4. The van der Waals surface area contributed by atoms with Crippen LogP contribution in [0, 0.1) is 11.8 Å². The van der Waals surface area contributed by atoms with E-state index in [0.29, 0.717) is 52.0 Å². The van der Waals surface area contributed by atoms with Crippen molar-refractivity contribution in [2.24, 2.45) is 11.8 Å². The number of alkyl halides is 3. The van der Waals surface area contributed by atoms with E-state index in [2.05, 4.69) is 40.4 Å². The number of halogens is 4. The Morgan fingerprint density at radius 2 is 1.18 bits per heavy atom. The van der Waals surface area contributed by atoms with Gasteiger partial charge in [0.1, 0.15) is 11.6 Å². The number of piperidine rings is 2. The number of nitrogen functional groups attached to an aromatic ring is 2. The second kappa shape index (κ2) is 14.0. The average Bonchev–Trinajstić information content (AvgIpc) is 3.73. The second-order valence-corrected chi connectivity index (χ2v) is 13.7. The summed E-state index contributed by atoms with van der Waals surface area (Å²) in [5.74, 6) is 3.22. The van der Waals surface area contributed by atoms with Gasteiger partial charge < -0.3 is 31.9 Å². The fraction of sp³-hybridized carbons (Fsp3) is 0.429. The Labute approximate surface area is 288 Å². The van der Waals surface area contributed by atoms with E-state index in [1.165, 1.54) is 25.3 Å². The Hall–Kier alpha value is -4.20. The first-order chi connectivity index (χ1) is 23.6. The van der Waals surface area contributed by atoms with Gasteiger partial charge in [0.25, 0.3) is 0 Å².